The molecule has 1 N–H and O–H groups in total. The summed E-state index contributed by atoms with van der Waals surface area (Å²) in [7, 11) is 0. The van der Waals surface area contributed by atoms with Gasteiger partial charge >= 0.3 is 5.97 Å². The van der Waals surface area contributed by atoms with Gasteiger partial charge in [0.15, 0.2) is 0 Å². The highest BCUT2D eigenvalue weighted by atomic mass is 19.1. The number of rotatable bonds is 5. The van der Waals surface area contributed by atoms with Crippen molar-refractivity contribution in [3.8, 4) is 5.75 Å². The Balaban J connectivity index is 2.08. The second-order valence-electron chi connectivity index (χ2n) is 4.57. The molecule has 0 spiro atoms. The Bertz CT molecular complexity index is 576. The van der Waals surface area contributed by atoms with Crippen molar-refractivity contribution >= 4 is 5.97 Å². The topological polar surface area (TPSA) is 46.5 Å². The molecule has 20 heavy (non-hydrogen) atoms. The van der Waals surface area contributed by atoms with Gasteiger partial charge in [0.25, 0.3) is 0 Å². The molecule has 0 fully saturated rings. The zero-order chi connectivity index (χ0) is 14.5. The third-order valence-corrected chi connectivity index (χ3v) is 3.01. The maximum Gasteiger partial charge on any atom is 0.314 e. The van der Waals surface area contributed by atoms with Crippen LogP contribution >= 0.6 is 0 Å². The van der Waals surface area contributed by atoms with Gasteiger partial charge in [-0.05, 0) is 36.8 Å². The van der Waals surface area contributed by atoms with Crippen molar-refractivity contribution in [1.29, 1.82) is 0 Å². The Morgan fingerprint density at radius 2 is 1.75 bits per heavy atom. The van der Waals surface area contributed by atoms with E-state index in [1.165, 1.54) is 24.3 Å². The molecule has 0 saturated heterocycles. The molecule has 2 aromatic rings. The molecule has 0 aromatic heterocycles. The SMILES string of the molecule is Cc1ccc(C(COc2ccc(F)cc2)C(=O)O)cc1. The number of carboxylic acids is 1. The Morgan fingerprint density at radius 1 is 1.15 bits per heavy atom. The molecule has 4 heteroatoms. The van der Waals surface area contributed by atoms with E-state index in [-0.39, 0.29) is 12.4 Å². The quantitative estimate of drug-likeness (QED) is 0.909. The lowest BCUT2D eigenvalue weighted by atomic mass is 9.99. The van der Waals surface area contributed by atoms with Crippen LogP contribution in [0.4, 0.5) is 4.39 Å². The van der Waals surface area contributed by atoms with Crippen LogP contribution in [0.3, 0.4) is 0 Å². The van der Waals surface area contributed by atoms with E-state index in [1.54, 1.807) is 12.1 Å². The van der Waals surface area contributed by atoms with Crippen LogP contribution in [0.1, 0.15) is 17.0 Å². The highest BCUT2D eigenvalue weighted by Crippen LogP contribution is 2.19. The van der Waals surface area contributed by atoms with E-state index in [2.05, 4.69) is 0 Å². The summed E-state index contributed by atoms with van der Waals surface area (Å²) in [5.74, 6) is -1.60. The molecule has 104 valence electrons. The Morgan fingerprint density at radius 3 is 2.30 bits per heavy atom. The van der Waals surface area contributed by atoms with Crippen LogP contribution in [-0.4, -0.2) is 17.7 Å². The van der Waals surface area contributed by atoms with Crippen LogP contribution < -0.4 is 4.74 Å². The average molecular weight is 274 g/mol. The maximum absolute atomic E-state index is 12.8. The summed E-state index contributed by atoms with van der Waals surface area (Å²) in [6.07, 6.45) is 0. The molecule has 0 saturated carbocycles. The fourth-order valence-electron chi connectivity index (χ4n) is 1.82. The van der Waals surface area contributed by atoms with E-state index in [0.29, 0.717) is 11.3 Å². The largest absolute Gasteiger partial charge is 0.492 e. The summed E-state index contributed by atoms with van der Waals surface area (Å²) in [5.41, 5.74) is 1.75. The number of benzene rings is 2. The summed E-state index contributed by atoms with van der Waals surface area (Å²) in [6, 6.07) is 12.8. The molecular formula is C16H15FO3. The molecule has 0 aliphatic heterocycles. The number of carbonyl (C=O) groups is 1. The van der Waals surface area contributed by atoms with Crippen molar-refractivity contribution in [1.82, 2.24) is 0 Å². The summed E-state index contributed by atoms with van der Waals surface area (Å²) < 4.78 is 18.2. The van der Waals surface area contributed by atoms with Gasteiger partial charge < -0.3 is 9.84 Å². The normalized spacial score (nSPS) is 11.9. The van der Waals surface area contributed by atoms with Crippen LogP contribution in [0.15, 0.2) is 48.5 Å². The van der Waals surface area contributed by atoms with Crippen molar-refractivity contribution in [2.24, 2.45) is 0 Å². The number of aliphatic carboxylic acids is 1. The third kappa shape index (κ3) is 3.57. The summed E-state index contributed by atoms with van der Waals surface area (Å²) in [5, 5.41) is 9.28. The van der Waals surface area contributed by atoms with E-state index in [4.69, 9.17) is 4.74 Å². The van der Waals surface area contributed by atoms with Crippen LogP contribution in [0.2, 0.25) is 0 Å². The Labute approximate surface area is 116 Å². The summed E-state index contributed by atoms with van der Waals surface area (Å²) in [4.78, 5) is 11.3. The molecule has 0 bridgehead atoms. The smallest absolute Gasteiger partial charge is 0.314 e. The van der Waals surface area contributed by atoms with Gasteiger partial charge in [0.05, 0.1) is 0 Å². The number of aryl methyl sites for hydroxylation is 1. The Kier molecular flexibility index (Phi) is 4.35. The maximum atomic E-state index is 12.8. The van der Waals surface area contributed by atoms with E-state index in [1.807, 2.05) is 19.1 Å². The van der Waals surface area contributed by atoms with Crippen molar-refractivity contribution in [3.63, 3.8) is 0 Å². The molecule has 2 aromatic carbocycles. The number of ether oxygens (including phenoxy) is 1. The molecule has 0 heterocycles. The minimum atomic E-state index is -0.948. The first-order chi connectivity index (χ1) is 9.56. The van der Waals surface area contributed by atoms with Gasteiger partial charge in [-0.25, -0.2) is 4.39 Å². The van der Waals surface area contributed by atoms with Gasteiger partial charge in [-0.3, -0.25) is 4.79 Å². The van der Waals surface area contributed by atoms with Gasteiger partial charge in [0, 0.05) is 0 Å². The highest BCUT2D eigenvalue weighted by molar-refractivity contribution is 5.76. The standard InChI is InChI=1S/C16H15FO3/c1-11-2-4-12(5-3-11)15(16(18)19)10-20-14-8-6-13(17)7-9-14/h2-9,15H,10H2,1H3,(H,18,19). The lowest BCUT2D eigenvalue weighted by molar-refractivity contribution is -0.139. The first-order valence-electron chi connectivity index (χ1n) is 6.24. The van der Waals surface area contributed by atoms with E-state index >= 15 is 0 Å². The molecule has 0 radical (unpaired) electrons. The zero-order valence-electron chi connectivity index (χ0n) is 11.0. The number of carboxylic acid groups (broad SMARTS) is 1. The summed E-state index contributed by atoms with van der Waals surface area (Å²) in [6.45, 7) is 1.94. The Hall–Kier alpha value is -2.36. The lowest BCUT2D eigenvalue weighted by Crippen LogP contribution is -2.19. The van der Waals surface area contributed by atoms with E-state index < -0.39 is 11.9 Å². The van der Waals surface area contributed by atoms with Crippen LogP contribution in [0, 0.1) is 12.7 Å². The molecule has 0 aliphatic rings. The van der Waals surface area contributed by atoms with E-state index in [0.717, 1.165) is 5.56 Å². The molecule has 1 unspecified atom stereocenters. The van der Waals surface area contributed by atoms with Gasteiger partial charge in [-0.2, -0.15) is 0 Å². The predicted molar refractivity (Wildman–Crippen MR) is 73.5 cm³/mol. The van der Waals surface area contributed by atoms with Crippen LogP contribution in [0.25, 0.3) is 0 Å². The fraction of sp³-hybridized carbons (Fsp3) is 0.188. The van der Waals surface area contributed by atoms with Crippen LogP contribution in [0.5, 0.6) is 5.75 Å². The number of hydrogen-bond acceptors (Lipinski definition) is 2. The lowest BCUT2D eigenvalue weighted by Gasteiger charge is -2.14. The fourth-order valence-corrected chi connectivity index (χ4v) is 1.82. The minimum Gasteiger partial charge on any atom is -0.492 e. The number of halogens is 1. The first-order valence-corrected chi connectivity index (χ1v) is 6.24. The first kappa shape index (κ1) is 14.1. The second-order valence-corrected chi connectivity index (χ2v) is 4.57. The monoisotopic (exact) mass is 274 g/mol. The van der Waals surface area contributed by atoms with E-state index in [9.17, 15) is 14.3 Å². The zero-order valence-corrected chi connectivity index (χ0v) is 11.0. The van der Waals surface area contributed by atoms with Crippen LogP contribution in [-0.2, 0) is 4.79 Å². The van der Waals surface area contributed by atoms with Gasteiger partial charge in [-0.15, -0.1) is 0 Å². The minimum absolute atomic E-state index is 0.00399. The molecular weight excluding hydrogens is 259 g/mol. The average Bonchev–Trinajstić information content (AvgIpc) is 2.43. The van der Waals surface area contributed by atoms with Crippen molar-refractivity contribution in [2.75, 3.05) is 6.61 Å². The predicted octanol–water partition coefficient (Wildman–Crippen LogP) is 3.38. The molecule has 0 aliphatic carbocycles. The molecule has 3 nitrogen and oxygen atoms in total. The molecule has 0 amide bonds. The molecule has 2 rings (SSSR count). The van der Waals surface area contributed by atoms with Gasteiger partial charge in [0.1, 0.15) is 24.1 Å². The van der Waals surface area contributed by atoms with Crippen molar-refractivity contribution in [3.05, 3.63) is 65.5 Å². The summed E-state index contributed by atoms with van der Waals surface area (Å²) >= 11 is 0. The third-order valence-electron chi connectivity index (χ3n) is 3.01. The highest BCUT2D eigenvalue weighted by Gasteiger charge is 2.20. The van der Waals surface area contributed by atoms with Gasteiger partial charge in [0.2, 0.25) is 0 Å². The van der Waals surface area contributed by atoms with Crippen molar-refractivity contribution < 1.29 is 19.0 Å². The van der Waals surface area contributed by atoms with Gasteiger partial charge in [-0.1, -0.05) is 29.8 Å². The second kappa shape index (κ2) is 6.19. The molecule has 1 atom stereocenters. The van der Waals surface area contributed by atoms with Crippen molar-refractivity contribution in [2.45, 2.75) is 12.8 Å². The number of hydrogen-bond donors (Lipinski definition) is 1.